The highest BCUT2D eigenvalue weighted by Gasteiger charge is 2.43. The smallest absolute Gasteiger partial charge is 0.237 e. The zero-order valence-electron chi connectivity index (χ0n) is 24.9. The van der Waals surface area contributed by atoms with Crippen LogP contribution in [0.15, 0.2) is 84.9 Å². The summed E-state index contributed by atoms with van der Waals surface area (Å²) in [5.41, 5.74) is 11.4. The molecule has 5 rings (SSSR count). The number of nitrogens with one attached hydrogen (secondary N) is 2. The Hall–Kier alpha value is -4.23. The zero-order valence-corrected chi connectivity index (χ0v) is 24.9. The molecular formula is C36H42N4O3. The van der Waals surface area contributed by atoms with Crippen LogP contribution < -0.4 is 11.1 Å². The Morgan fingerprint density at radius 1 is 0.907 bits per heavy atom. The minimum absolute atomic E-state index is 0.0648. The molecule has 1 aliphatic heterocycles. The monoisotopic (exact) mass is 578 g/mol. The van der Waals surface area contributed by atoms with Crippen LogP contribution >= 0.6 is 0 Å². The molecule has 4 aromatic rings. The Morgan fingerprint density at radius 3 is 2.33 bits per heavy atom. The number of unbranched alkanes of at least 4 members (excludes halogenated alkanes) is 2. The summed E-state index contributed by atoms with van der Waals surface area (Å²) in [5, 5.41) is 4.38. The van der Waals surface area contributed by atoms with Gasteiger partial charge in [0, 0.05) is 35.6 Å². The van der Waals surface area contributed by atoms with Gasteiger partial charge in [-0.2, -0.15) is 0 Å². The second kappa shape index (κ2) is 14.3. The normalized spacial score (nSPS) is 17.6. The van der Waals surface area contributed by atoms with Crippen LogP contribution in [0.25, 0.3) is 22.2 Å². The predicted octanol–water partition coefficient (Wildman–Crippen LogP) is 6.09. The van der Waals surface area contributed by atoms with E-state index in [4.69, 9.17) is 5.73 Å². The Balaban J connectivity index is 1.36. The second-order valence-corrected chi connectivity index (χ2v) is 11.6. The number of hydrogen-bond acceptors (Lipinski definition) is 4. The third-order valence-electron chi connectivity index (χ3n) is 8.67. The highest BCUT2D eigenvalue weighted by molar-refractivity contribution is 5.91. The van der Waals surface area contributed by atoms with E-state index in [0.29, 0.717) is 32.2 Å². The number of fused-ring (bicyclic) bond motifs is 1. The first-order chi connectivity index (χ1) is 20.9. The predicted molar refractivity (Wildman–Crippen MR) is 171 cm³/mol. The van der Waals surface area contributed by atoms with E-state index in [1.165, 1.54) is 5.56 Å². The molecule has 7 heteroatoms. The van der Waals surface area contributed by atoms with Gasteiger partial charge < -0.3 is 20.8 Å². The Labute approximate surface area is 253 Å². The van der Waals surface area contributed by atoms with E-state index in [1.807, 2.05) is 48.5 Å². The second-order valence-electron chi connectivity index (χ2n) is 11.6. The number of Topliss-reactive ketones (excluding diaryl/α,β-unsaturated/α-hetero) is 1. The number of primary amides is 1. The summed E-state index contributed by atoms with van der Waals surface area (Å²) in [6.07, 6.45) is 5.63. The Morgan fingerprint density at radius 2 is 1.60 bits per heavy atom. The number of nitrogens with two attached hydrogens (primary N) is 1. The average Bonchev–Trinajstić information content (AvgIpc) is 3.62. The maximum Gasteiger partial charge on any atom is 0.237 e. The van der Waals surface area contributed by atoms with Crippen molar-refractivity contribution in [1.82, 2.24) is 15.2 Å². The third-order valence-corrected chi connectivity index (χ3v) is 8.67. The third kappa shape index (κ3) is 7.23. The van der Waals surface area contributed by atoms with Crippen molar-refractivity contribution in [1.29, 1.82) is 0 Å². The number of ketones is 1. The largest absolute Gasteiger partial charge is 0.368 e. The number of nitrogens with zero attached hydrogens (tertiary/aromatic N) is 1. The summed E-state index contributed by atoms with van der Waals surface area (Å²) >= 11 is 0. The van der Waals surface area contributed by atoms with Crippen molar-refractivity contribution in [2.24, 2.45) is 5.73 Å². The van der Waals surface area contributed by atoms with Crippen LogP contribution in [-0.2, 0) is 20.8 Å². The molecule has 2 amide bonds. The molecule has 3 atom stereocenters. The number of aromatic nitrogens is 1. The van der Waals surface area contributed by atoms with Gasteiger partial charge in [0.15, 0.2) is 0 Å². The minimum Gasteiger partial charge on any atom is -0.368 e. The first kappa shape index (κ1) is 30.2. The molecule has 224 valence electrons. The molecule has 4 N–H and O–H groups in total. The van der Waals surface area contributed by atoms with E-state index in [0.717, 1.165) is 53.4 Å². The number of hydrogen-bond donors (Lipinski definition) is 3. The van der Waals surface area contributed by atoms with Crippen molar-refractivity contribution in [3.05, 3.63) is 96.1 Å². The number of rotatable bonds is 14. The molecule has 1 fully saturated rings. The standard InChI is InChI=1S/C36H42N4O3/c1-25(41)13-5-2-10-20-33(40-31(21-22-32(40)35(37)42)26-14-6-3-7-15-26)36(43)38-24-23-29-28-18-11-12-19-30(28)39-34(29)27-16-8-4-9-17-27/h3-4,6-9,11-12,14-19,31-33,39H,2,5,10,13,20-24H2,1H3,(H2,37,42)(H,38,43)/t31-,32+,33-/m0/s1. The number of benzene rings is 3. The van der Waals surface area contributed by atoms with Crippen LogP contribution in [0, 0.1) is 0 Å². The van der Waals surface area contributed by atoms with Crippen LogP contribution in [0.4, 0.5) is 0 Å². The molecule has 43 heavy (non-hydrogen) atoms. The fourth-order valence-electron chi connectivity index (χ4n) is 6.61. The van der Waals surface area contributed by atoms with Gasteiger partial charge in [-0.05, 0) is 61.8 Å². The quantitative estimate of drug-likeness (QED) is 0.157. The fourth-order valence-corrected chi connectivity index (χ4v) is 6.61. The van der Waals surface area contributed by atoms with Crippen molar-refractivity contribution in [3.63, 3.8) is 0 Å². The lowest BCUT2D eigenvalue weighted by atomic mass is 9.99. The van der Waals surface area contributed by atoms with Crippen LogP contribution in [-0.4, -0.2) is 46.1 Å². The first-order valence-corrected chi connectivity index (χ1v) is 15.5. The van der Waals surface area contributed by atoms with E-state index in [1.54, 1.807) is 6.92 Å². The van der Waals surface area contributed by atoms with E-state index < -0.39 is 12.1 Å². The zero-order chi connectivity index (χ0) is 30.2. The van der Waals surface area contributed by atoms with Gasteiger partial charge in [0.1, 0.15) is 5.78 Å². The van der Waals surface area contributed by atoms with Crippen molar-refractivity contribution in [3.8, 4) is 11.3 Å². The van der Waals surface area contributed by atoms with Crippen LogP contribution in [0.2, 0.25) is 0 Å². The molecule has 2 heterocycles. The lowest BCUT2D eigenvalue weighted by molar-refractivity contribution is -0.131. The van der Waals surface area contributed by atoms with Crippen molar-refractivity contribution in [2.45, 2.75) is 76.4 Å². The van der Waals surface area contributed by atoms with Gasteiger partial charge in [-0.15, -0.1) is 0 Å². The van der Waals surface area contributed by atoms with Gasteiger partial charge in [-0.3, -0.25) is 14.5 Å². The molecule has 0 saturated carbocycles. The average molecular weight is 579 g/mol. The molecule has 0 aliphatic carbocycles. The number of amides is 2. The summed E-state index contributed by atoms with van der Waals surface area (Å²) in [4.78, 5) is 43.8. The Bertz CT molecular complexity index is 1530. The topological polar surface area (TPSA) is 108 Å². The molecule has 7 nitrogen and oxygen atoms in total. The molecule has 1 saturated heterocycles. The number of carbonyl (C=O) groups excluding carboxylic acids is 3. The van der Waals surface area contributed by atoms with E-state index in [9.17, 15) is 14.4 Å². The summed E-state index contributed by atoms with van der Waals surface area (Å²) in [6.45, 7) is 2.08. The molecule has 3 aromatic carbocycles. The van der Waals surface area contributed by atoms with Gasteiger partial charge in [0.05, 0.1) is 12.1 Å². The maximum absolute atomic E-state index is 14.0. The summed E-state index contributed by atoms with van der Waals surface area (Å²) in [5.74, 6) is -0.292. The van der Waals surface area contributed by atoms with Crippen LogP contribution in [0.5, 0.6) is 0 Å². The number of aromatic amines is 1. The van der Waals surface area contributed by atoms with E-state index in [-0.39, 0.29) is 23.6 Å². The molecule has 0 radical (unpaired) electrons. The summed E-state index contributed by atoms with van der Waals surface area (Å²) < 4.78 is 0. The van der Waals surface area contributed by atoms with Crippen LogP contribution in [0.3, 0.4) is 0 Å². The molecule has 0 bridgehead atoms. The van der Waals surface area contributed by atoms with Crippen molar-refractivity contribution < 1.29 is 14.4 Å². The van der Waals surface area contributed by atoms with Gasteiger partial charge in [0.2, 0.25) is 11.8 Å². The maximum atomic E-state index is 14.0. The SMILES string of the molecule is CC(=O)CCCCC[C@@H](C(=O)NCCc1c(-c2ccccc2)[nH]c2ccccc12)N1[C@@H](C(N)=O)CC[C@H]1c1ccccc1. The fraction of sp³-hybridized carbons (Fsp3) is 0.361. The highest BCUT2D eigenvalue weighted by atomic mass is 16.2. The molecule has 0 unspecified atom stereocenters. The number of para-hydroxylation sites is 1. The minimum atomic E-state index is -0.503. The summed E-state index contributed by atoms with van der Waals surface area (Å²) in [7, 11) is 0. The summed E-state index contributed by atoms with van der Waals surface area (Å²) in [6, 6.07) is 27.5. The Kier molecular flexibility index (Phi) is 10.1. The highest BCUT2D eigenvalue weighted by Crippen LogP contribution is 2.39. The van der Waals surface area contributed by atoms with Crippen molar-refractivity contribution >= 4 is 28.5 Å². The molecule has 0 spiro atoms. The van der Waals surface area contributed by atoms with Gasteiger partial charge >= 0.3 is 0 Å². The number of H-pyrrole nitrogens is 1. The lowest BCUT2D eigenvalue weighted by Gasteiger charge is -2.36. The molecular weight excluding hydrogens is 536 g/mol. The van der Waals surface area contributed by atoms with Crippen molar-refractivity contribution in [2.75, 3.05) is 6.54 Å². The first-order valence-electron chi connectivity index (χ1n) is 15.5. The molecule has 1 aromatic heterocycles. The van der Waals surface area contributed by atoms with Gasteiger partial charge in [0.25, 0.3) is 0 Å². The number of likely N-dealkylation sites (tertiary alicyclic amines) is 1. The molecule has 1 aliphatic rings. The lowest BCUT2D eigenvalue weighted by Crippen LogP contribution is -2.53. The van der Waals surface area contributed by atoms with Gasteiger partial charge in [-0.25, -0.2) is 0 Å². The van der Waals surface area contributed by atoms with Crippen LogP contribution in [0.1, 0.15) is 69.0 Å². The van der Waals surface area contributed by atoms with Gasteiger partial charge in [-0.1, -0.05) is 91.7 Å². The van der Waals surface area contributed by atoms with E-state index >= 15 is 0 Å². The van der Waals surface area contributed by atoms with E-state index in [2.05, 4.69) is 51.6 Å². The number of carbonyl (C=O) groups is 3.